The zero-order valence-corrected chi connectivity index (χ0v) is 16.5. The molecule has 0 atom stereocenters. The molecule has 2 heterocycles. The molecule has 1 aliphatic heterocycles. The van der Waals surface area contributed by atoms with Crippen LogP contribution in [0.2, 0.25) is 0 Å². The normalized spacial score (nSPS) is 13.8. The Morgan fingerprint density at radius 1 is 1.03 bits per heavy atom. The molecule has 1 saturated heterocycles. The van der Waals surface area contributed by atoms with E-state index in [1.54, 1.807) is 23.1 Å². The minimum atomic E-state index is -0.481. The van der Waals surface area contributed by atoms with Gasteiger partial charge < -0.3 is 24.0 Å². The lowest BCUT2D eigenvalue weighted by molar-refractivity contribution is -0.385. The van der Waals surface area contributed by atoms with Gasteiger partial charge in [0.2, 0.25) is 5.75 Å². The van der Waals surface area contributed by atoms with Gasteiger partial charge in [0.15, 0.2) is 11.5 Å². The van der Waals surface area contributed by atoms with Gasteiger partial charge in [0.1, 0.15) is 12.0 Å². The van der Waals surface area contributed by atoms with Gasteiger partial charge >= 0.3 is 0 Å². The van der Waals surface area contributed by atoms with Crippen molar-refractivity contribution in [3.63, 3.8) is 0 Å². The molecule has 1 fully saturated rings. The first-order valence-electron chi connectivity index (χ1n) is 8.93. The lowest BCUT2D eigenvalue weighted by Gasteiger charge is -2.35. The maximum absolute atomic E-state index is 13.0. The summed E-state index contributed by atoms with van der Waals surface area (Å²) in [5.74, 6) is 1.78. The second kappa shape index (κ2) is 8.63. The number of aromatic nitrogens is 1. The van der Waals surface area contributed by atoms with E-state index in [4.69, 9.17) is 14.2 Å². The van der Waals surface area contributed by atoms with E-state index in [9.17, 15) is 14.9 Å². The Labute approximate surface area is 167 Å². The van der Waals surface area contributed by atoms with Crippen molar-refractivity contribution in [3.05, 3.63) is 46.1 Å². The molecule has 154 valence electrons. The fourth-order valence-corrected chi connectivity index (χ4v) is 3.20. The largest absolute Gasteiger partial charge is 0.493 e. The number of methoxy groups -OCH3 is 3. The molecule has 1 aromatic carbocycles. The van der Waals surface area contributed by atoms with Crippen molar-refractivity contribution >= 4 is 17.4 Å². The number of carbonyl (C=O) groups excluding carboxylic acids is 1. The summed E-state index contributed by atoms with van der Waals surface area (Å²) in [6.07, 6.45) is 1.24. The van der Waals surface area contributed by atoms with Gasteiger partial charge in [0, 0.05) is 37.8 Å². The molecule has 1 aromatic heterocycles. The Morgan fingerprint density at radius 3 is 2.10 bits per heavy atom. The van der Waals surface area contributed by atoms with Crippen LogP contribution in [-0.4, -0.2) is 68.2 Å². The lowest BCUT2D eigenvalue weighted by atomic mass is 10.1. The van der Waals surface area contributed by atoms with Crippen LogP contribution in [0.25, 0.3) is 0 Å². The molecule has 10 nitrogen and oxygen atoms in total. The van der Waals surface area contributed by atoms with Crippen molar-refractivity contribution < 1.29 is 23.9 Å². The summed E-state index contributed by atoms with van der Waals surface area (Å²) in [6, 6.07) is 6.31. The molecule has 0 spiro atoms. The van der Waals surface area contributed by atoms with Crippen LogP contribution in [0.4, 0.5) is 11.5 Å². The van der Waals surface area contributed by atoms with E-state index in [1.807, 2.05) is 4.90 Å². The summed E-state index contributed by atoms with van der Waals surface area (Å²) in [7, 11) is 4.51. The second-order valence-electron chi connectivity index (χ2n) is 6.32. The molecule has 1 amide bonds. The van der Waals surface area contributed by atoms with Crippen molar-refractivity contribution in [3.8, 4) is 17.2 Å². The average molecular weight is 402 g/mol. The summed E-state index contributed by atoms with van der Waals surface area (Å²) in [6.45, 7) is 2.13. The average Bonchev–Trinajstić information content (AvgIpc) is 2.77. The third kappa shape index (κ3) is 4.15. The number of piperazine rings is 1. The number of nitro groups is 1. The fourth-order valence-electron chi connectivity index (χ4n) is 3.20. The minimum Gasteiger partial charge on any atom is -0.493 e. The van der Waals surface area contributed by atoms with Crippen molar-refractivity contribution in [2.75, 3.05) is 52.4 Å². The van der Waals surface area contributed by atoms with Crippen LogP contribution in [0.3, 0.4) is 0 Å². The SMILES string of the molecule is COc1cc(C(=O)N2CCN(c3ccc([N+](=O)[O-])cn3)CC2)cc(OC)c1OC. The third-order valence-electron chi connectivity index (χ3n) is 4.75. The van der Waals surface area contributed by atoms with Gasteiger partial charge in [-0.1, -0.05) is 0 Å². The first-order chi connectivity index (χ1) is 14.0. The van der Waals surface area contributed by atoms with Crippen molar-refractivity contribution in [1.29, 1.82) is 0 Å². The van der Waals surface area contributed by atoms with Crippen molar-refractivity contribution in [2.45, 2.75) is 0 Å². The minimum absolute atomic E-state index is 0.0510. The molecule has 0 aliphatic carbocycles. The predicted molar refractivity (Wildman–Crippen MR) is 105 cm³/mol. The Hall–Kier alpha value is -3.56. The van der Waals surface area contributed by atoms with Crippen LogP contribution in [0.1, 0.15) is 10.4 Å². The number of hydrogen-bond donors (Lipinski definition) is 0. The van der Waals surface area contributed by atoms with E-state index < -0.39 is 4.92 Å². The van der Waals surface area contributed by atoms with Crippen LogP contribution in [-0.2, 0) is 0 Å². The van der Waals surface area contributed by atoms with Crippen LogP contribution < -0.4 is 19.1 Å². The molecule has 0 saturated carbocycles. The molecule has 0 unspecified atom stereocenters. The molecule has 1 aliphatic rings. The highest BCUT2D eigenvalue weighted by Gasteiger charge is 2.25. The number of carbonyl (C=O) groups is 1. The molecular weight excluding hydrogens is 380 g/mol. The standard InChI is InChI=1S/C19H22N4O6/c1-27-15-10-13(11-16(28-2)18(15)29-3)19(24)22-8-6-21(7-9-22)17-5-4-14(12-20-17)23(25)26/h4-5,10-12H,6-9H2,1-3H3. The van der Waals surface area contributed by atoms with Gasteiger partial charge in [-0.3, -0.25) is 14.9 Å². The Morgan fingerprint density at radius 2 is 1.66 bits per heavy atom. The van der Waals surface area contributed by atoms with E-state index in [0.717, 1.165) is 0 Å². The van der Waals surface area contributed by atoms with E-state index in [0.29, 0.717) is 54.8 Å². The smallest absolute Gasteiger partial charge is 0.287 e. The third-order valence-corrected chi connectivity index (χ3v) is 4.75. The summed E-state index contributed by atoms with van der Waals surface area (Å²) in [4.78, 5) is 31.1. The van der Waals surface area contributed by atoms with Gasteiger partial charge in [-0.05, 0) is 18.2 Å². The number of anilines is 1. The molecule has 2 aromatic rings. The summed E-state index contributed by atoms with van der Waals surface area (Å²) in [5.41, 5.74) is 0.395. The van der Waals surface area contributed by atoms with E-state index in [1.165, 1.54) is 33.6 Å². The Balaban J connectivity index is 1.70. The maximum atomic E-state index is 13.0. The van der Waals surface area contributed by atoms with Crippen LogP contribution in [0.5, 0.6) is 17.2 Å². The molecule has 0 bridgehead atoms. The highest BCUT2D eigenvalue weighted by molar-refractivity contribution is 5.95. The number of hydrogen-bond acceptors (Lipinski definition) is 8. The van der Waals surface area contributed by atoms with Gasteiger partial charge in [-0.25, -0.2) is 4.98 Å². The van der Waals surface area contributed by atoms with E-state index in [-0.39, 0.29) is 11.6 Å². The van der Waals surface area contributed by atoms with Crippen LogP contribution in [0.15, 0.2) is 30.5 Å². The molecule has 3 rings (SSSR count). The molecule has 0 N–H and O–H groups in total. The van der Waals surface area contributed by atoms with E-state index >= 15 is 0 Å². The fraction of sp³-hybridized carbons (Fsp3) is 0.368. The number of nitrogens with zero attached hydrogens (tertiary/aromatic N) is 4. The van der Waals surface area contributed by atoms with Gasteiger partial charge in [-0.15, -0.1) is 0 Å². The highest BCUT2D eigenvalue weighted by Crippen LogP contribution is 2.38. The van der Waals surface area contributed by atoms with E-state index in [2.05, 4.69) is 4.98 Å². The summed E-state index contributed by atoms with van der Waals surface area (Å²) >= 11 is 0. The molecule has 10 heteroatoms. The number of benzene rings is 1. The number of ether oxygens (including phenoxy) is 3. The highest BCUT2D eigenvalue weighted by atomic mass is 16.6. The number of amides is 1. The summed E-state index contributed by atoms with van der Waals surface area (Å²) in [5, 5.41) is 10.8. The van der Waals surface area contributed by atoms with Crippen molar-refractivity contribution in [2.24, 2.45) is 0 Å². The zero-order chi connectivity index (χ0) is 21.0. The molecular formula is C19H22N4O6. The summed E-state index contributed by atoms with van der Waals surface area (Å²) < 4.78 is 15.9. The quantitative estimate of drug-likeness (QED) is 0.533. The second-order valence-corrected chi connectivity index (χ2v) is 6.32. The lowest BCUT2D eigenvalue weighted by Crippen LogP contribution is -2.49. The predicted octanol–water partition coefficient (Wildman–Crippen LogP) is 1.98. The number of pyridine rings is 1. The Bertz CT molecular complexity index is 869. The zero-order valence-electron chi connectivity index (χ0n) is 16.5. The molecule has 29 heavy (non-hydrogen) atoms. The topological polar surface area (TPSA) is 107 Å². The van der Waals surface area contributed by atoms with Crippen molar-refractivity contribution in [1.82, 2.24) is 9.88 Å². The maximum Gasteiger partial charge on any atom is 0.287 e. The van der Waals surface area contributed by atoms with Gasteiger partial charge in [-0.2, -0.15) is 0 Å². The van der Waals surface area contributed by atoms with Gasteiger partial charge in [0.25, 0.3) is 11.6 Å². The van der Waals surface area contributed by atoms with Crippen LogP contribution in [0, 0.1) is 10.1 Å². The monoisotopic (exact) mass is 402 g/mol. The van der Waals surface area contributed by atoms with Crippen LogP contribution >= 0.6 is 0 Å². The first-order valence-corrected chi connectivity index (χ1v) is 8.93. The number of rotatable bonds is 6. The Kier molecular flexibility index (Phi) is 6.01. The molecule has 0 radical (unpaired) electrons. The van der Waals surface area contributed by atoms with Gasteiger partial charge in [0.05, 0.1) is 26.3 Å². The first kappa shape index (κ1) is 20.2.